The van der Waals surface area contributed by atoms with Crippen molar-refractivity contribution in [2.45, 2.75) is 26.2 Å². The summed E-state index contributed by atoms with van der Waals surface area (Å²) in [5.74, 6) is -1.32. The standard InChI is InChI=1S/C9H16N2O2/c1-7(8(10)12)9(13)11-5-3-2-4-6-11/h7H,2-6H2,1H3,(H2,10,12). The van der Waals surface area contributed by atoms with E-state index < -0.39 is 11.8 Å². The average Bonchev–Trinajstić information content (AvgIpc) is 2.17. The maximum Gasteiger partial charge on any atom is 0.234 e. The third-order valence-corrected chi connectivity index (χ3v) is 2.46. The molecular formula is C9H16N2O2. The Kier molecular flexibility index (Phi) is 3.28. The number of nitrogens with two attached hydrogens (primary N) is 1. The van der Waals surface area contributed by atoms with Crippen molar-refractivity contribution < 1.29 is 9.59 Å². The largest absolute Gasteiger partial charge is 0.369 e. The van der Waals surface area contributed by atoms with Gasteiger partial charge in [-0.2, -0.15) is 0 Å². The third kappa shape index (κ3) is 2.44. The molecule has 1 unspecified atom stereocenters. The summed E-state index contributed by atoms with van der Waals surface area (Å²) in [5.41, 5.74) is 5.06. The summed E-state index contributed by atoms with van der Waals surface area (Å²) in [6, 6.07) is 0. The summed E-state index contributed by atoms with van der Waals surface area (Å²) in [4.78, 5) is 24.1. The molecule has 0 bridgehead atoms. The summed E-state index contributed by atoms with van der Waals surface area (Å²) < 4.78 is 0. The van der Waals surface area contributed by atoms with E-state index in [9.17, 15) is 9.59 Å². The Hall–Kier alpha value is -1.06. The van der Waals surface area contributed by atoms with Crippen molar-refractivity contribution in [3.05, 3.63) is 0 Å². The Morgan fingerprint density at radius 2 is 1.77 bits per heavy atom. The van der Waals surface area contributed by atoms with Crippen LogP contribution in [0.1, 0.15) is 26.2 Å². The topological polar surface area (TPSA) is 63.4 Å². The van der Waals surface area contributed by atoms with Gasteiger partial charge in [0.1, 0.15) is 5.92 Å². The van der Waals surface area contributed by atoms with Crippen molar-refractivity contribution in [3.8, 4) is 0 Å². The highest BCUT2D eigenvalue weighted by Gasteiger charge is 2.25. The zero-order valence-corrected chi connectivity index (χ0v) is 7.95. The zero-order chi connectivity index (χ0) is 9.84. The molecule has 74 valence electrons. The van der Waals surface area contributed by atoms with Crippen LogP contribution in [0.5, 0.6) is 0 Å². The number of piperidine rings is 1. The maximum atomic E-state index is 11.6. The van der Waals surface area contributed by atoms with Crippen molar-refractivity contribution in [3.63, 3.8) is 0 Å². The van der Waals surface area contributed by atoms with E-state index >= 15 is 0 Å². The SMILES string of the molecule is CC(C(N)=O)C(=O)N1CCCCC1. The maximum absolute atomic E-state index is 11.6. The van der Waals surface area contributed by atoms with E-state index in [1.54, 1.807) is 11.8 Å². The number of hydrogen-bond donors (Lipinski definition) is 1. The van der Waals surface area contributed by atoms with Crippen molar-refractivity contribution in [1.82, 2.24) is 4.90 Å². The van der Waals surface area contributed by atoms with E-state index in [4.69, 9.17) is 5.73 Å². The van der Waals surface area contributed by atoms with Crippen LogP contribution in [0.4, 0.5) is 0 Å². The first-order valence-electron chi connectivity index (χ1n) is 4.71. The van der Waals surface area contributed by atoms with Gasteiger partial charge in [-0.1, -0.05) is 0 Å². The van der Waals surface area contributed by atoms with Crippen molar-refractivity contribution in [2.75, 3.05) is 13.1 Å². The van der Waals surface area contributed by atoms with E-state index in [0.29, 0.717) is 0 Å². The van der Waals surface area contributed by atoms with Crippen molar-refractivity contribution in [1.29, 1.82) is 0 Å². The van der Waals surface area contributed by atoms with Gasteiger partial charge in [0.15, 0.2) is 0 Å². The van der Waals surface area contributed by atoms with E-state index in [1.807, 2.05) is 0 Å². The van der Waals surface area contributed by atoms with Gasteiger partial charge in [0, 0.05) is 13.1 Å². The Bertz CT molecular complexity index is 210. The molecule has 0 saturated carbocycles. The molecule has 0 aliphatic carbocycles. The number of carbonyl (C=O) groups excluding carboxylic acids is 2. The van der Waals surface area contributed by atoms with Gasteiger partial charge < -0.3 is 10.6 Å². The normalized spacial score (nSPS) is 19.6. The first kappa shape index (κ1) is 10.0. The highest BCUT2D eigenvalue weighted by Crippen LogP contribution is 2.11. The first-order valence-corrected chi connectivity index (χ1v) is 4.71. The molecule has 1 atom stereocenters. The lowest BCUT2D eigenvalue weighted by Gasteiger charge is -2.28. The number of likely N-dealkylation sites (tertiary alicyclic amines) is 1. The smallest absolute Gasteiger partial charge is 0.234 e. The highest BCUT2D eigenvalue weighted by atomic mass is 16.2. The number of amides is 2. The molecule has 1 fully saturated rings. The first-order chi connectivity index (χ1) is 6.13. The van der Waals surface area contributed by atoms with Crippen molar-refractivity contribution in [2.24, 2.45) is 11.7 Å². The molecule has 0 aromatic rings. The molecule has 2 N–H and O–H groups in total. The monoisotopic (exact) mass is 184 g/mol. The minimum Gasteiger partial charge on any atom is -0.369 e. The van der Waals surface area contributed by atoms with Crippen LogP contribution in [0.3, 0.4) is 0 Å². The molecule has 1 saturated heterocycles. The molecule has 1 aliphatic heterocycles. The Balaban J connectivity index is 2.50. The second-order valence-electron chi connectivity index (χ2n) is 3.51. The fourth-order valence-electron chi connectivity index (χ4n) is 1.51. The molecule has 13 heavy (non-hydrogen) atoms. The fourth-order valence-corrected chi connectivity index (χ4v) is 1.51. The van der Waals surface area contributed by atoms with Crippen LogP contribution >= 0.6 is 0 Å². The number of primary amides is 1. The minimum absolute atomic E-state index is 0.118. The minimum atomic E-state index is -0.668. The van der Waals surface area contributed by atoms with Gasteiger partial charge in [0.05, 0.1) is 0 Å². The van der Waals surface area contributed by atoms with Gasteiger partial charge in [0.2, 0.25) is 11.8 Å². The van der Waals surface area contributed by atoms with Gasteiger partial charge in [-0.15, -0.1) is 0 Å². The Morgan fingerprint density at radius 1 is 1.23 bits per heavy atom. The predicted molar refractivity (Wildman–Crippen MR) is 48.8 cm³/mol. The summed E-state index contributed by atoms with van der Waals surface area (Å²) in [6.45, 7) is 3.12. The lowest BCUT2D eigenvalue weighted by atomic mass is 10.1. The number of hydrogen-bond acceptors (Lipinski definition) is 2. The summed E-state index contributed by atoms with van der Waals surface area (Å²) in [5, 5.41) is 0. The van der Waals surface area contributed by atoms with E-state index in [0.717, 1.165) is 25.9 Å². The van der Waals surface area contributed by atoms with Crippen LogP contribution in [0.15, 0.2) is 0 Å². The Morgan fingerprint density at radius 3 is 2.23 bits per heavy atom. The van der Waals surface area contributed by atoms with Crippen LogP contribution in [0.2, 0.25) is 0 Å². The van der Waals surface area contributed by atoms with E-state index in [-0.39, 0.29) is 5.91 Å². The molecule has 0 aromatic carbocycles. The fraction of sp³-hybridized carbons (Fsp3) is 0.778. The summed E-state index contributed by atoms with van der Waals surface area (Å²) >= 11 is 0. The van der Waals surface area contributed by atoms with Crippen LogP contribution in [-0.4, -0.2) is 29.8 Å². The van der Waals surface area contributed by atoms with Gasteiger partial charge in [-0.05, 0) is 26.2 Å². The second-order valence-corrected chi connectivity index (χ2v) is 3.51. The van der Waals surface area contributed by atoms with E-state index in [2.05, 4.69) is 0 Å². The molecule has 1 aliphatic rings. The van der Waals surface area contributed by atoms with Gasteiger partial charge >= 0.3 is 0 Å². The molecule has 2 amide bonds. The summed E-state index contributed by atoms with van der Waals surface area (Å²) in [6.07, 6.45) is 3.25. The zero-order valence-electron chi connectivity index (χ0n) is 7.95. The van der Waals surface area contributed by atoms with Crippen LogP contribution < -0.4 is 5.73 Å². The van der Waals surface area contributed by atoms with E-state index in [1.165, 1.54) is 6.42 Å². The Labute approximate surface area is 78.1 Å². The molecule has 0 aromatic heterocycles. The quantitative estimate of drug-likeness (QED) is 0.619. The summed E-state index contributed by atoms with van der Waals surface area (Å²) in [7, 11) is 0. The van der Waals surface area contributed by atoms with Crippen LogP contribution in [-0.2, 0) is 9.59 Å². The van der Waals surface area contributed by atoms with Gasteiger partial charge in [-0.3, -0.25) is 9.59 Å². The number of nitrogens with zero attached hydrogens (tertiary/aromatic N) is 1. The molecular weight excluding hydrogens is 168 g/mol. The highest BCUT2D eigenvalue weighted by molar-refractivity contribution is 5.99. The molecule has 4 heteroatoms. The average molecular weight is 184 g/mol. The molecule has 1 rings (SSSR count). The van der Waals surface area contributed by atoms with Crippen LogP contribution in [0.25, 0.3) is 0 Å². The van der Waals surface area contributed by atoms with Gasteiger partial charge in [-0.25, -0.2) is 0 Å². The number of carbonyl (C=O) groups is 2. The molecule has 1 heterocycles. The molecule has 0 radical (unpaired) electrons. The van der Waals surface area contributed by atoms with Crippen molar-refractivity contribution >= 4 is 11.8 Å². The third-order valence-electron chi connectivity index (χ3n) is 2.46. The van der Waals surface area contributed by atoms with Gasteiger partial charge in [0.25, 0.3) is 0 Å². The lowest BCUT2D eigenvalue weighted by molar-refractivity contribution is -0.140. The molecule has 0 spiro atoms. The van der Waals surface area contributed by atoms with Crippen LogP contribution in [0, 0.1) is 5.92 Å². The predicted octanol–water partition coefficient (Wildman–Crippen LogP) is 0.120. The second kappa shape index (κ2) is 4.25. The molecule has 4 nitrogen and oxygen atoms in total. The lowest BCUT2D eigenvalue weighted by Crippen LogP contribution is -2.42. The number of rotatable bonds is 2.